The van der Waals surface area contributed by atoms with Gasteiger partial charge in [-0.05, 0) is 0 Å². The van der Waals surface area contributed by atoms with Gasteiger partial charge in [0.05, 0.1) is 6.61 Å². The molecule has 0 radical (unpaired) electrons. The highest BCUT2D eigenvalue weighted by atomic mass is 16.5. The van der Waals surface area contributed by atoms with Crippen LogP contribution in [-0.2, 0) is 4.74 Å². The Bertz CT molecular complexity index is 109. The van der Waals surface area contributed by atoms with Crippen molar-refractivity contribution in [3.05, 3.63) is 0 Å². The average molecular weight is 129 g/mol. The Morgan fingerprint density at radius 1 is 1.78 bits per heavy atom. The Morgan fingerprint density at radius 2 is 2.56 bits per heavy atom. The van der Waals surface area contributed by atoms with Crippen LogP contribution in [-0.4, -0.2) is 31.6 Å². The molecule has 0 saturated carbocycles. The molecule has 4 heteroatoms. The van der Waals surface area contributed by atoms with Gasteiger partial charge in [0.1, 0.15) is 11.9 Å². The summed E-state index contributed by atoms with van der Waals surface area (Å²) >= 11 is 0. The molecule has 0 aromatic carbocycles. The summed E-state index contributed by atoms with van der Waals surface area (Å²) in [6.45, 7) is 2.20. The summed E-state index contributed by atoms with van der Waals surface area (Å²) in [5.74, 6) is 0.113. The normalized spacial score (nSPS) is 27.8. The number of hydrogen-bond donors (Lipinski definition) is 3. The molecule has 1 unspecified atom stereocenters. The van der Waals surface area contributed by atoms with Crippen LogP contribution in [0.3, 0.4) is 0 Å². The second kappa shape index (κ2) is 2.80. The van der Waals surface area contributed by atoms with Gasteiger partial charge >= 0.3 is 0 Å². The minimum Gasteiger partial charge on any atom is -0.385 e. The van der Waals surface area contributed by atoms with E-state index in [-0.39, 0.29) is 11.9 Å². The Hall–Kier alpha value is -0.610. The van der Waals surface area contributed by atoms with Gasteiger partial charge in [-0.3, -0.25) is 5.41 Å². The lowest BCUT2D eigenvalue weighted by atomic mass is 10.3. The second-order valence-corrected chi connectivity index (χ2v) is 2.02. The quantitative estimate of drug-likeness (QED) is 0.311. The third kappa shape index (κ3) is 1.65. The molecule has 4 N–H and O–H groups in total. The molecule has 4 nitrogen and oxygen atoms in total. The smallest absolute Gasteiger partial charge is 0.126 e. The third-order valence-corrected chi connectivity index (χ3v) is 1.27. The maximum Gasteiger partial charge on any atom is 0.126 e. The number of rotatable bonds is 1. The van der Waals surface area contributed by atoms with E-state index in [2.05, 4.69) is 5.32 Å². The highest BCUT2D eigenvalue weighted by Gasteiger charge is 2.14. The SMILES string of the molecule is N=C(N)C1CNCCO1. The van der Waals surface area contributed by atoms with Crippen molar-refractivity contribution in [3.63, 3.8) is 0 Å². The Kier molecular flexibility index (Phi) is 2.02. The van der Waals surface area contributed by atoms with E-state index in [1.54, 1.807) is 0 Å². The molecular formula is C5H11N3O. The van der Waals surface area contributed by atoms with Gasteiger partial charge in [-0.1, -0.05) is 0 Å². The first-order valence-electron chi connectivity index (χ1n) is 2.97. The number of ether oxygens (including phenoxy) is 1. The standard InChI is InChI=1S/C5H11N3O/c6-5(7)4-3-8-1-2-9-4/h4,8H,1-3H2,(H3,6,7). The van der Waals surface area contributed by atoms with Crippen molar-refractivity contribution in [3.8, 4) is 0 Å². The number of nitrogens with one attached hydrogen (secondary N) is 2. The van der Waals surface area contributed by atoms with E-state index in [1.165, 1.54) is 0 Å². The van der Waals surface area contributed by atoms with Gasteiger partial charge < -0.3 is 15.8 Å². The molecule has 1 aliphatic rings. The molecular weight excluding hydrogens is 118 g/mol. The second-order valence-electron chi connectivity index (χ2n) is 2.02. The summed E-state index contributed by atoms with van der Waals surface area (Å²) in [5, 5.41) is 10.1. The van der Waals surface area contributed by atoms with Crippen molar-refractivity contribution in [2.45, 2.75) is 6.10 Å². The van der Waals surface area contributed by atoms with Gasteiger partial charge in [0.15, 0.2) is 0 Å². The molecule has 0 spiro atoms. The summed E-state index contributed by atoms with van der Waals surface area (Å²) in [7, 11) is 0. The average Bonchev–Trinajstić information content (AvgIpc) is 1.90. The van der Waals surface area contributed by atoms with Gasteiger partial charge in [-0.25, -0.2) is 0 Å². The first-order chi connectivity index (χ1) is 4.30. The van der Waals surface area contributed by atoms with Gasteiger partial charge in [-0.15, -0.1) is 0 Å². The molecule has 1 fully saturated rings. The van der Waals surface area contributed by atoms with Crippen molar-refractivity contribution >= 4 is 5.84 Å². The molecule has 0 amide bonds. The van der Waals surface area contributed by atoms with E-state index in [0.29, 0.717) is 13.2 Å². The molecule has 1 saturated heterocycles. The highest BCUT2D eigenvalue weighted by molar-refractivity contribution is 5.82. The van der Waals surface area contributed by atoms with Crippen LogP contribution in [0.1, 0.15) is 0 Å². The Balaban J connectivity index is 2.31. The molecule has 0 aliphatic carbocycles. The van der Waals surface area contributed by atoms with Crippen LogP contribution < -0.4 is 11.1 Å². The molecule has 9 heavy (non-hydrogen) atoms. The molecule has 1 rings (SSSR count). The minimum absolute atomic E-state index is 0.113. The molecule has 0 aromatic rings. The summed E-state index contributed by atoms with van der Waals surface area (Å²) in [6, 6.07) is 0. The van der Waals surface area contributed by atoms with Crippen LogP contribution in [0, 0.1) is 5.41 Å². The van der Waals surface area contributed by atoms with Crippen molar-refractivity contribution in [2.24, 2.45) is 5.73 Å². The zero-order valence-electron chi connectivity index (χ0n) is 5.18. The van der Waals surface area contributed by atoms with E-state index in [4.69, 9.17) is 15.9 Å². The number of amidine groups is 1. The van der Waals surface area contributed by atoms with E-state index in [0.717, 1.165) is 6.54 Å². The van der Waals surface area contributed by atoms with Crippen molar-refractivity contribution in [1.29, 1.82) is 5.41 Å². The van der Waals surface area contributed by atoms with Crippen LogP contribution >= 0.6 is 0 Å². The van der Waals surface area contributed by atoms with Gasteiger partial charge in [0.25, 0.3) is 0 Å². The van der Waals surface area contributed by atoms with Crippen molar-refractivity contribution < 1.29 is 4.74 Å². The van der Waals surface area contributed by atoms with Gasteiger partial charge in [0.2, 0.25) is 0 Å². The van der Waals surface area contributed by atoms with Crippen LogP contribution in [0.25, 0.3) is 0 Å². The van der Waals surface area contributed by atoms with E-state index in [1.807, 2.05) is 0 Å². The molecule has 0 aromatic heterocycles. The summed E-state index contributed by atoms with van der Waals surface area (Å²) in [6.07, 6.45) is -0.196. The lowest BCUT2D eigenvalue weighted by molar-refractivity contribution is 0.0699. The summed E-state index contributed by atoms with van der Waals surface area (Å²) < 4.78 is 5.13. The predicted octanol–water partition coefficient (Wildman–Crippen LogP) is -1.09. The van der Waals surface area contributed by atoms with Crippen LogP contribution in [0.2, 0.25) is 0 Å². The van der Waals surface area contributed by atoms with Crippen molar-refractivity contribution in [2.75, 3.05) is 19.7 Å². The largest absolute Gasteiger partial charge is 0.385 e. The first-order valence-corrected chi connectivity index (χ1v) is 2.97. The van der Waals surface area contributed by atoms with Gasteiger partial charge in [0, 0.05) is 13.1 Å². The van der Waals surface area contributed by atoms with Crippen LogP contribution in [0.5, 0.6) is 0 Å². The monoisotopic (exact) mass is 129 g/mol. The first kappa shape index (κ1) is 6.51. The Labute approximate surface area is 53.9 Å². The predicted molar refractivity (Wildman–Crippen MR) is 34.5 cm³/mol. The molecule has 1 aliphatic heterocycles. The van der Waals surface area contributed by atoms with E-state index in [9.17, 15) is 0 Å². The third-order valence-electron chi connectivity index (χ3n) is 1.27. The number of morpholine rings is 1. The zero-order valence-corrected chi connectivity index (χ0v) is 5.18. The maximum absolute atomic E-state index is 7.00. The summed E-state index contributed by atoms with van der Waals surface area (Å²) in [4.78, 5) is 0. The number of hydrogen-bond acceptors (Lipinski definition) is 3. The fraction of sp³-hybridized carbons (Fsp3) is 0.800. The lowest BCUT2D eigenvalue weighted by Gasteiger charge is -2.21. The fourth-order valence-electron chi connectivity index (χ4n) is 0.765. The van der Waals surface area contributed by atoms with Gasteiger partial charge in [-0.2, -0.15) is 0 Å². The van der Waals surface area contributed by atoms with Crippen LogP contribution in [0.4, 0.5) is 0 Å². The minimum atomic E-state index is -0.196. The molecule has 52 valence electrons. The lowest BCUT2D eigenvalue weighted by Crippen LogP contribution is -2.45. The number of nitrogens with two attached hydrogens (primary N) is 1. The highest BCUT2D eigenvalue weighted by Crippen LogP contribution is 1.93. The maximum atomic E-state index is 7.00. The summed E-state index contributed by atoms with van der Waals surface area (Å²) in [5.41, 5.74) is 5.19. The molecule has 1 atom stereocenters. The Morgan fingerprint density at radius 3 is 2.89 bits per heavy atom. The fourth-order valence-corrected chi connectivity index (χ4v) is 0.765. The van der Waals surface area contributed by atoms with Crippen molar-refractivity contribution in [1.82, 2.24) is 5.32 Å². The molecule has 0 bridgehead atoms. The van der Waals surface area contributed by atoms with E-state index >= 15 is 0 Å². The zero-order chi connectivity index (χ0) is 6.69. The van der Waals surface area contributed by atoms with Crippen LogP contribution in [0.15, 0.2) is 0 Å². The van der Waals surface area contributed by atoms with E-state index < -0.39 is 0 Å². The topological polar surface area (TPSA) is 71.1 Å². The molecule has 1 heterocycles.